The maximum atomic E-state index is 11.2. The molecule has 86 valence electrons. The van der Waals surface area contributed by atoms with Gasteiger partial charge in [0.2, 0.25) is 5.91 Å². The zero-order valence-corrected chi connectivity index (χ0v) is 10.8. The highest BCUT2D eigenvalue weighted by Gasteiger charge is 2.18. The molecule has 0 radical (unpaired) electrons. The molecule has 16 heavy (non-hydrogen) atoms. The van der Waals surface area contributed by atoms with Crippen LogP contribution in [0.4, 0.5) is 5.69 Å². The van der Waals surface area contributed by atoms with Crippen LogP contribution in [-0.2, 0) is 4.79 Å². The Labute approximate surface area is 103 Å². The number of hydrogen-bond donors (Lipinski definition) is 0. The summed E-state index contributed by atoms with van der Waals surface area (Å²) in [6.07, 6.45) is 1.85. The van der Waals surface area contributed by atoms with Crippen molar-refractivity contribution in [3.8, 4) is 0 Å². The molecule has 1 saturated heterocycles. The Morgan fingerprint density at radius 1 is 1.31 bits per heavy atom. The molecule has 0 atom stereocenters. The van der Waals surface area contributed by atoms with Gasteiger partial charge >= 0.3 is 0 Å². The minimum Gasteiger partial charge on any atom is -0.367 e. The first-order valence-corrected chi connectivity index (χ1v) is 6.08. The first-order valence-electron chi connectivity index (χ1n) is 5.29. The van der Waals surface area contributed by atoms with E-state index in [2.05, 4.69) is 25.8 Å². The van der Waals surface area contributed by atoms with Gasteiger partial charge in [0.25, 0.3) is 0 Å². The van der Waals surface area contributed by atoms with E-state index >= 15 is 0 Å². The lowest BCUT2D eigenvalue weighted by Crippen LogP contribution is -2.48. The molecule has 0 spiro atoms. The van der Waals surface area contributed by atoms with E-state index in [1.807, 2.05) is 23.2 Å². The van der Waals surface area contributed by atoms with Gasteiger partial charge in [-0.15, -0.1) is 0 Å². The molecule has 5 heteroatoms. The second-order valence-corrected chi connectivity index (χ2v) is 4.64. The Kier molecular flexibility index (Phi) is 3.43. The van der Waals surface area contributed by atoms with Crippen LogP contribution in [0.1, 0.15) is 6.92 Å². The molecule has 1 fully saturated rings. The van der Waals surface area contributed by atoms with Crippen LogP contribution in [0.5, 0.6) is 0 Å². The van der Waals surface area contributed by atoms with E-state index in [9.17, 15) is 4.79 Å². The number of aromatic nitrogens is 1. The van der Waals surface area contributed by atoms with Crippen molar-refractivity contribution in [2.45, 2.75) is 6.92 Å². The first kappa shape index (κ1) is 11.4. The van der Waals surface area contributed by atoms with Crippen molar-refractivity contribution in [3.05, 3.63) is 22.9 Å². The molecule has 1 amide bonds. The lowest BCUT2D eigenvalue weighted by Gasteiger charge is -2.35. The lowest BCUT2D eigenvalue weighted by atomic mass is 10.3. The second-order valence-electron chi connectivity index (χ2n) is 3.83. The number of pyridine rings is 1. The Bertz CT molecular complexity index is 371. The third-order valence-corrected chi connectivity index (χ3v) is 3.27. The molecule has 0 unspecified atom stereocenters. The summed E-state index contributed by atoms with van der Waals surface area (Å²) in [7, 11) is 0. The van der Waals surface area contributed by atoms with Gasteiger partial charge in [-0.3, -0.25) is 4.79 Å². The molecule has 2 rings (SSSR count). The van der Waals surface area contributed by atoms with Crippen LogP contribution in [0.2, 0.25) is 0 Å². The molecule has 0 saturated carbocycles. The molecule has 0 N–H and O–H groups in total. The van der Waals surface area contributed by atoms with E-state index in [-0.39, 0.29) is 5.91 Å². The quantitative estimate of drug-likeness (QED) is 0.733. The maximum absolute atomic E-state index is 11.2. The SMILES string of the molecule is CC(=O)N1CCN(c2ccc(Br)nc2)CC1. The number of anilines is 1. The fraction of sp³-hybridized carbons (Fsp3) is 0.455. The van der Waals surface area contributed by atoms with Gasteiger partial charge in [-0.25, -0.2) is 4.98 Å². The number of halogens is 1. The Morgan fingerprint density at radius 2 is 2.00 bits per heavy atom. The average molecular weight is 284 g/mol. The molecule has 1 aliphatic rings. The van der Waals surface area contributed by atoms with E-state index < -0.39 is 0 Å². The molecular formula is C11H14BrN3O. The largest absolute Gasteiger partial charge is 0.367 e. The summed E-state index contributed by atoms with van der Waals surface area (Å²) in [6.45, 7) is 4.97. The van der Waals surface area contributed by atoms with Crippen LogP contribution >= 0.6 is 15.9 Å². The summed E-state index contributed by atoms with van der Waals surface area (Å²) >= 11 is 3.32. The van der Waals surface area contributed by atoms with Crippen molar-refractivity contribution in [1.82, 2.24) is 9.88 Å². The van der Waals surface area contributed by atoms with Gasteiger partial charge in [0.1, 0.15) is 4.60 Å². The molecule has 2 heterocycles. The highest BCUT2D eigenvalue weighted by molar-refractivity contribution is 9.10. The van der Waals surface area contributed by atoms with Crippen molar-refractivity contribution in [2.75, 3.05) is 31.1 Å². The number of nitrogens with zero attached hydrogens (tertiary/aromatic N) is 3. The van der Waals surface area contributed by atoms with Gasteiger partial charge in [0, 0.05) is 33.1 Å². The van der Waals surface area contributed by atoms with Crippen LogP contribution in [-0.4, -0.2) is 42.0 Å². The fourth-order valence-corrected chi connectivity index (χ4v) is 2.07. The molecule has 0 aliphatic carbocycles. The molecule has 1 aliphatic heterocycles. The van der Waals surface area contributed by atoms with Gasteiger partial charge in [-0.05, 0) is 28.1 Å². The van der Waals surface area contributed by atoms with Crippen LogP contribution in [0.25, 0.3) is 0 Å². The lowest BCUT2D eigenvalue weighted by molar-refractivity contribution is -0.129. The highest BCUT2D eigenvalue weighted by Crippen LogP contribution is 2.17. The third-order valence-electron chi connectivity index (χ3n) is 2.80. The predicted molar refractivity (Wildman–Crippen MR) is 66.4 cm³/mol. The van der Waals surface area contributed by atoms with Crippen molar-refractivity contribution in [2.24, 2.45) is 0 Å². The normalized spacial score (nSPS) is 16.4. The summed E-state index contributed by atoms with van der Waals surface area (Å²) in [4.78, 5) is 19.5. The Balaban J connectivity index is 1.99. The average Bonchev–Trinajstić information content (AvgIpc) is 2.30. The molecule has 1 aromatic rings. The van der Waals surface area contributed by atoms with Crippen LogP contribution in [0, 0.1) is 0 Å². The summed E-state index contributed by atoms with van der Waals surface area (Å²) in [5.41, 5.74) is 1.12. The number of hydrogen-bond acceptors (Lipinski definition) is 3. The second kappa shape index (κ2) is 4.82. The predicted octanol–water partition coefficient (Wildman–Crippen LogP) is 1.51. The van der Waals surface area contributed by atoms with Crippen molar-refractivity contribution >= 4 is 27.5 Å². The zero-order valence-electron chi connectivity index (χ0n) is 9.19. The topological polar surface area (TPSA) is 36.4 Å². The van der Waals surface area contributed by atoms with E-state index in [4.69, 9.17) is 0 Å². The van der Waals surface area contributed by atoms with Crippen molar-refractivity contribution in [1.29, 1.82) is 0 Å². The number of piperazine rings is 1. The summed E-state index contributed by atoms with van der Waals surface area (Å²) in [6, 6.07) is 3.98. The number of rotatable bonds is 1. The smallest absolute Gasteiger partial charge is 0.219 e. The van der Waals surface area contributed by atoms with Crippen molar-refractivity contribution in [3.63, 3.8) is 0 Å². The van der Waals surface area contributed by atoms with E-state index in [1.54, 1.807) is 6.92 Å². The van der Waals surface area contributed by atoms with Crippen LogP contribution < -0.4 is 4.90 Å². The van der Waals surface area contributed by atoms with Crippen LogP contribution in [0.3, 0.4) is 0 Å². The van der Waals surface area contributed by atoms with E-state index in [0.717, 1.165) is 36.5 Å². The minimum absolute atomic E-state index is 0.161. The van der Waals surface area contributed by atoms with Gasteiger partial charge < -0.3 is 9.80 Å². The minimum atomic E-state index is 0.161. The molecule has 0 aromatic carbocycles. The van der Waals surface area contributed by atoms with Gasteiger partial charge in [0.15, 0.2) is 0 Å². The van der Waals surface area contributed by atoms with E-state index in [1.165, 1.54) is 0 Å². The molecular weight excluding hydrogens is 270 g/mol. The van der Waals surface area contributed by atoms with Gasteiger partial charge in [-0.1, -0.05) is 0 Å². The van der Waals surface area contributed by atoms with Crippen LogP contribution in [0.15, 0.2) is 22.9 Å². The van der Waals surface area contributed by atoms with Gasteiger partial charge in [-0.2, -0.15) is 0 Å². The zero-order chi connectivity index (χ0) is 11.5. The monoisotopic (exact) mass is 283 g/mol. The number of carbonyl (C=O) groups excluding carboxylic acids is 1. The molecule has 4 nitrogen and oxygen atoms in total. The summed E-state index contributed by atoms with van der Waals surface area (Å²) < 4.78 is 0.846. The molecule has 1 aromatic heterocycles. The molecule has 0 bridgehead atoms. The maximum Gasteiger partial charge on any atom is 0.219 e. The summed E-state index contributed by atoms with van der Waals surface area (Å²) in [5, 5.41) is 0. The standard InChI is InChI=1S/C11H14BrN3O/c1-9(16)14-4-6-15(7-5-14)10-2-3-11(12)13-8-10/h2-3,8H,4-7H2,1H3. The van der Waals surface area contributed by atoms with E-state index in [0.29, 0.717) is 0 Å². The van der Waals surface area contributed by atoms with Gasteiger partial charge in [0.05, 0.1) is 11.9 Å². The fourth-order valence-electron chi connectivity index (χ4n) is 1.83. The Hall–Kier alpha value is -1.10. The highest BCUT2D eigenvalue weighted by atomic mass is 79.9. The first-order chi connectivity index (χ1) is 7.66. The number of amides is 1. The third kappa shape index (κ3) is 2.52. The Morgan fingerprint density at radius 3 is 2.50 bits per heavy atom. The summed E-state index contributed by atoms with van der Waals surface area (Å²) in [5.74, 6) is 0.161. The van der Waals surface area contributed by atoms with Crippen molar-refractivity contribution < 1.29 is 4.79 Å². The number of carbonyl (C=O) groups is 1.